The molecule has 0 aliphatic heterocycles. The Kier molecular flexibility index (Phi) is 10.0. The molecule has 0 heterocycles. The van der Waals surface area contributed by atoms with Crippen molar-refractivity contribution in [2.45, 2.75) is 63.5 Å². The second-order valence-corrected chi connectivity index (χ2v) is 7.60. The molecule has 26 heavy (non-hydrogen) atoms. The molecule has 0 bridgehead atoms. The Hall–Kier alpha value is -1.27. The van der Waals surface area contributed by atoms with Crippen molar-refractivity contribution in [3.05, 3.63) is 23.0 Å². The van der Waals surface area contributed by atoms with Crippen LogP contribution in [0.3, 0.4) is 0 Å². The summed E-state index contributed by atoms with van der Waals surface area (Å²) in [7, 11) is 0. The molecule has 146 valence electrons. The number of thioether (sulfide) groups is 1. The van der Waals surface area contributed by atoms with Crippen molar-refractivity contribution in [2.24, 2.45) is 5.92 Å². The van der Waals surface area contributed by atoms with E-state index >= 15 is 0 Å². The lowest BCUT2D eigenvalue weighted by molar-refractivity contribution is -0.143. The molecule has 0 aliphatic rings. The van der Waals surface area contributed by atoms with Gasteiger partial charge in [-0.1, -0.05) is 39.3 Å². The Balaban J connectivity index is 2.98. The summed E-state index contributed by atoms with van der Waals surface area (Å²) in [6.07, 6.45) is 2.66. The number of esters is 1. The molecule has 1 amide bonds. The lowest BCUT2D eigenvalue weighted by atomic mass is 10.0. The van der Waals surface area contributed by atoms with Gasteiger partial charge in [0.05, 0.1) is 17.3 Å². The molecule has 1 N–H and O–H groups in total. The number of halogens is 2. The molecule has 4 nitrogen and oxygen atoms in total. The zero-order valence-electron chi connectivity index (χ0n) is 15.7. The predicted octanol–water partition coefficient (Wildman–Crippen LogP) is 5.68. The van der Waals surface area contributed by atoms with E-state index in [0.29, 0.717) is 30.8 Å². The SMILES string of the molecule is CCCOC(=O)C(CC)Sc1cc(NC(=O)C(CC)CC)c(F)cc1Cl. The van der Waals surface area contributed by atoms with E-state index in [-0.39, 0.29) is 28.5 Å². The van der Waals surface area contributed by atoms with Gasteiger partial charge in [0.15, 0.2) is 0 Å². The number of carbonyl (C=O) groups is 2. The van der Waals surface area contributed by atoms with Crippen molar-refractivity contribution < 1.29 is 18.7 Å². The summed E-state index contributed by atoms with van der Waals surface area (Å²) in [5.41, 5.74) is 0.0746. The maximum absolute atomic E-state index is 14.2. The summed E-state index contributed by atoms with van der Waals surface area (Å²) in [5.74, 6) is -1.31. The third-order valence-corrected chi connectivity index (χ3v) is 5.81. The Morgan fingerprint density at radius 1 is 1.19 bits per heavy atom. The topological polar surface area (TPSA) is 55.4 Å². The van der Waals surface area contributed by atoms with Crippen LogP contribution in [0.2, 0.25) is 5.02 Å². The van der Waals surface area contributed by atoms with E-state index in [1.54, 1.807) is 0 Å². The molecule has 0 aromatic heterocycles. The molecule has 7 heteroatoms. The number of anilines is 1. The first-order valence-corrected chi connectivity index (χ1v) is 10.3. The third-order valence-electron chi connectivity index (χ3n) is 3.99. The smallest absolute Gasteiger partial charge is 0.319 e. The van der Waals surface area contributed by atoms with Crippen LogP contribution in [-0.2, 0) is 14.3 Å². The van der Waals surface area contributed by atoms with E-state index < -0.39 is 11.1 Å². The zero-order valence-corrected chi connectivity index (χ0v) is 17.3. The van der Waals surface area contributed by atoms with Gasteiger partial charge in [0, 0.05) is 10.8 Å². The molecule has 0 saturated heterocycles. The Bertz CT molecular complexity index is 623. The molecule has 1 aromatic carbocycles. The maximum Gasteiger partial charge on any atom is 0.319 e. The van der Waals surface area contributed by atoms with Gasteiger partial charge in [-0.25, -0.2) is 4.39 Å². The highest BCUT2D eigenvalue weighted by molar-refractivity contribution is 8.00. The van der Waals surface area contributed by atoms with Gasteiger partial charge in [-0.05, 0) is 37.8 Å². The highest BCUT2D eigenvalue weighted by atomic mass is 35.5. The fourth-order valence-corrected chi connectivity index (χ4v) is 3.64. The zero-order chi connectivity index (χ0) is 19.7. The molecule has 0 spiro atoms. The summed E-state index contributed by atoms with van der Waals surface area (Å²) < 4.78 is 19.4. The van der Waals surface area contributed by atoms with Crippen molar-refractivity contribution in [1.29, 1.82) is 0 Å². The highest BCUT2D eigenvalue weighted by Gasteiger charge is 2.23. The molecule has 1 rings (SSSR count). The lowest BCUT2D eigenvalue weighted by Gasteiger charge is -2.17. The number of benzene rings is 1. The van der Waals surface area contributed by atoms with Gasteiger partial charge in [-0.2, -0.15) is 0 Å². The van der Waals surface area contributed by atoms with E-state index in [1.165, 1.54) is 17.8 Å². The minimum atomic E-state index is -0.597. The van der Waals surface area contributed by atoms with E-state index in [9.17, 15) is 14.0 Å². The van der Waals surface area contributed by atoms with Crippen molar-refractivity contribution >= 4 is 40.9 Å². The quantitative estimate of drug-likeness (QED) is 0.403. The Morgan fingerprint density at radius 3 is 2.38 bits per heavy atom. The number of carbonyl (C=O) groups excluding carboxylic acids is 2. The van der Waals surface area contributed by atoms with Crippen molar-refractivity contribution in [2.75, 3.05) is 11.9 Å². The van der Waals surface area contributed by atoms with Crippen molar-refractivity contribution in [3.8, 4) is 0 Å². The second-order valence-electron chi connectivity index (χ2n) is 5.95. The summed E-state index contributed by atoms with van der Waals surface area (Å²) in [6.45, 7) is 8.00. The van der Waals surface area contributed by atoms with Crippen LogP contribution in [0.5, 0.6) is 0 Å². The van der Waals surface area contributed by atoms with Crippen LogP contribution in [0, 0.1) is 11.7 Å². The average molecular weight is 404 g/mol. The summed E-state index contributed by atoms with van der Waals surface area (Å²) >= 11 is 7.36. The van der Waals surface area contributed by atoms with Gasteiger partial charge in [-0.15, -0.1) is 11.8 Å². The van der Waals surface area contributed by atoms with Crippen molar-refractivity contribution in [1.82, 2.24) is 0 Å². The number of hydrogen-bond acceptors (Lipinski definition) is 4. The number of rotatable bonds is 10. The molecule has 0 saturated carbocycles. The number of ether oxygens (including phenoxy) is 1. The first-order chi connectivity index (χ1) is 12.4. The molecular formula is C19H27ClFNO3S. The second kappa shape index (κ2) is 11.4. The van der Waals surface area contributed by atoms with Gasteiger partial charge in [-0.3, -0.25) is 9.59 Å². The molecule has 0 fully saturated rings. The van der Waals surface area contributed by atoms with Gasteiger partial charge in [0.25, 0.3) is 0 Å². The van der Waals surface area contributed by atoms with Gasteiger partial charge in [0.2, 0.25) is 5.91 Å². The van der Waals surface area contributed by atoms with E-state index in [4.69, 9.17) is 16.3 Å². The third kappa shape index (κ3) is 6.47. The molecule has 1 aromatic rings. The van der Waals surface area contributed by atoms with Gasteiger partial charge in [0.1, 0.15) is 11.1 Å². The monoisotopic (exact) mass is 403 g/mol. The first kappa shape index (κ1) is 22.8. The molecule has 1 unspecified atom stereocenters. The molecular weight excluding hydrogens is 377 g/mol. The van der Waals surface area contributed by atoms with Crippen LogP contribution in [0.15, 0.2) is 17.0 Å². The summed E-state index contributed by atoms with van der Waals surface area (Å²) in [5, 5.41) is 2.40. The van der Waals surface area contributed by atoms with Crippen LogP contribution >= 0.6 is 23.4 Å². The average Bonchev–Trinajstić information content (AvgIpc) is 2.61. The number of nitrogens with one attached hydrogen (secondary N) is 1. The van der Waals surface area contributed by atoms with Crippen LogP contribution in [0.4, 0.5) is 10.1 Å². The standard InChI is InChI=1S/C19H27ClFNO3S/c1-5-9-25-19(24)16(8-4)26-17-11-15(14(21)10-13(17)20)22-18(23)12(6-2)7-3/h10-12,16H,5-9H2,1-4H3,(H,22,23). The fraction of sp³-hybridized carbons (Fsp3) is 0.579. The van der Waals surface area contributed by atoms with E-state index in [2.05, 4.69) is 5.32 Å². The van der Waals surface area contributed by atoms with E-state index in [1.807, 2.05) is 27.7 Å². The number of amides is 1. The van der Waals surface area contributed by atoms with E-state index in [0.717, 1.165) is 12.5 Å². The molecule has 0 aliphatic carbocycles. The van der Waals surface area contributed by atoms with Crippen LogP contribution in [-0.4, -0.2) is 23.7 Å². The van der Waals surface area contributed by atoms with Gasteiger partial charge >= 0.3 is 5.97 Å². The Labute approximate surface area is 164 Å². The summed E-state index contributed by atoms with van der Waals surface area (Å²) in [4.78, 5) is 24.9. The van der Waals surface area contributed by atoms with Gasteiger partial charge < -0.3 is 10.1 Å². The maximum atomic E-state index is 14.2. The minimum Gasteiger partial charge on any atom is -0.465 e. The Morgan fingerprint density at radius 2 is 1.85 bits per heavy atom. The summed E-state index contributed by atoms with van der Waals surface area (Å²) in [6, 6.07) is 2.65. The largest absolute Gasteiger partial charge is 0.465 e. The molecule has 1 atom stereocenters. The number of hydrogen-bond donors (Lipinski definition) is 1. The van der Waals surface area contributed by atoms with Crippen LogP contribution in [0.1, 0.15) is 53.4 Å². The fourth-order valence-electron chi connectivity index (χ4n) is 2.36. The first-order valence-electron chi connectivity index (χ1n) is 9.00. The molecule has 0 radical (unpaired) electrons. The normalized spacial score (nSPS) is 12.1. The lowest BCUT2D eigenvalue weighted by Crippen LogP contribution is -2.22. The minimum absolute atomic E-state index is 0.0746. The van der Waals surface area contributed by atoms with Crippen LogP contribution in [0.25, 0.3) is 0 Å². The predicted molar refractivity (Wildman–Crippen MR) is 105 cm³/mol. The van der Waals surface area contributed by atoms with Crippen molar-refractivity contribution in [3.63, 3.8) is 0 Å². The highest BCUT2D eigenvalue weighted by Crippen LogP contribution is 2.36. The van der Waals surface area contributed by atoms with Crippen LogP contribution < -0.4 is 5.32 Å².